The van der Waals surface area contributed by atoms with E-state index in [9.17, 15) is 15.1 Å². The van der Waals surface area contributed by atoms with E-state index < -0.39 is 11.7 Å². The molecule has 1 aromatic rings. The standard InChI is InChI=1S/C13H20N2O4/c1-13(2,3)19-12(17)14-11-6-5-10(16)7-9(11)8-15(4)18/h5-7,16,18H,8H2,1-4H3,(H,14,17). The summed E-state index contributed by atoms with van der Waals surface area (Å²) in [4.78, 5) is 11.7. The van der Waals surface area contributed by atoms with Gasteiger partial charge in [0.1, 0.15) is 11.4 Å². The van der Waals surface area contributed by atoms with Gasteiger partial charge in [0.05, 0.1) is 6.54 Å². The highest BCUT2D eigenvalue weighted by Gasteiger charge is 2.17. The van der Waals surface area contributed by atoms with Gasteiger partial charge in [-0.3, -0.25) is 5.32 Å². The molecule has 0 heterocycles. The number of phenolic OH excluding ortho intramolecular Hbond substituents is 1. The molecule has 6 nitrogen and oxygen atoms in total. The van der Waals surface area contributed by atoms with E-state index in [0.717, 1.165) is 5.06 Å². The van der Waals surface area contributed by atoms with Crippen LogP contribution >= 0.6 is 0 Å². The van der Waals surface area contributed by atoms with Gasteiger partial charge in [-0.1, -0.05) is 0 Å². The molecule has 106 valence electrons. The summed E-state index contributed by atoms with van der Waals surface area (Å²) in [6.45, 7) is 5.48. The summed E-state index contributed by atoms with van der Waals surface area (Å²) >= 11 is 0. The molecule has 0 unspecified atom stereocenters. The molecule has 0 atom stereocenters. The van der Waals surface area contributed by atoms with Gasteiger partial charge in [0.2, 0.25) is 0 Å². The van der Waals surface area contributed by atoms with Gasteiger partial charge < -0.3 is 15.1 Å². The van der Waals surface area contributed by atoms with Crippen LogP contribution in [-0.2, 0) is 11.3 Å². The predicted octanol–water partition coefficient (Wildman–Crippen LogP) is 2.56. The van der Waals surface area contributed by atoms with E-state index in [1.54, 1.807) is 26.8 Å². The Kier molecular flexibility index (Phi) is 4.74. The summed E-state index contributed by atoms with van der Waals surface area (Å²) in [6, 6.07) is 4.48. The van der Waals surface area contributed by atoms with Gasteiger partial charge >= 0.3 is 6.09 Å². The minimum absolute atomic E-state index is 0.0617. The van der Waals surface area contributed by atoms with Crippen molar-refractivity contribution in [3.05, 3.63) is 23.8 Å². The highest BCUT2D eigenvalue weighted by molar-refractivity contribution is 5.86. The van der Waals surface area contributed by atoms with Gasteiger partial charge in [-0.15, -0.1) is 0 Å². The van der Waals surface area contributed by atoms with Crippen LogP contribution in [-0.4, -0.2) is 34.1 Å². The van der Waals surface area contributed by atoms with Crippen molar-refractivity contribution >= 4 is 11.8 Å². The average molecular weight is 268 g/mol. The quantitative estimate of drug-likeness (QED) is 0.579. The molecule has 1 rings (SSSR count). The Bertz CT molecular complexity index is 452. The van der Waals surface area contributed by atoms with Crippen LogP contribution < -0.4 is 5.32 Å². The van der Waals surface area contributed by atoms with E-state index >= 15 is 0 Å². The number of hydrogen-bond donors (Lipinski definition) is 3. The van der Waals surface area contributed by atoms with Gasteiger partial charge in [0.15, 0.2) is 0 Å². The Labute approximate surface area is 112 Å². The normalized spacial score (nSPS) is 11.5. The van der Waals surface area contributed by atoms with Crippen molar-refractivity contribution in [3.63, 3.8) is 0 Å². The molecule has 0 bridgehead atoms. The molecule has 0 saturated heterocycles. The number of benzene rings is 1. The summed E-state index contributed by atoms with van der Waals surface area (Å²) in [5, 5.41) is 22.2. The molecule has 0 aliphatic heterocycles. The molecular formula is C13H20N2O4. The Morgan fingerprint density at radius 3 is 2.58 bits per heavy atom. The lowest BCUT2D eigenvalue weighted by Crippen LogP contribution is -2.27. The fourth-order valence-electron chi connectivity index (χ4n) is 1.49. The first-order chi connectivity index (χ1) is 8.67. The van der Waals surface area contributed by atoms with Crippen molar-refractivity contribution in [3.8, 4) is 5.75 Å². The zero-order valence-corrected chi connectivity index (χ0v) is 11.6. The molecule has 3 N–H and O–H groups in total. The Balaban J connectivity index is 2.85. The fraction of sp³-hybridized carbons (Fsp3) is 0.462. The number of phenols is 1. The summed E-state index contributed by atoms with van der Waals surface area (Å²) in [5.74, 6) is 0.0617. The number of carbonyl (C=O) groups excluding carboxylic acids is 1. The molecule has 0 aliphatic carbocycles. The van der Waals surface area contributed by atoms with Gasteiger partial charge in [-0.05, 0) is 44.5 Å². The maximum Gasteiger partial charge on any atom is 0.412 e. The second kappa shape index (κ2) is 5.90. The molecule has 0 fully saturated rings. The number of rotatable bonds is 3. The number of hydroxylamine groups is 2. The van der Waals surface area contributed by atoms with E-state index in [1.807, 2.05) is 0 Å². The minimum atomic E-state index is -0.588. The van der Waals surface area contributed by atoms with E-state index in [1.165, 1.54) is 19.2 Å². The highest BCUT2D eigenvalue weighted by atomic mass is 16.6. The zero-order chi connectivity index (χ0) is 14.6. The van der Waals surface area contributed by atoms with Crippen LogP contribution in [0.4, 0.5) is 10.5 Å². The molecule has 0 aliphatic rings. The van der Waals surface area contributed by atoms with E-state index in [-0.39, 0.29) is 12.3 Å². The number of amides is 1. The fourth-order valence-corrected chi connectivity index (χ4v) is 1.49. The summed E-state index contributed by atoms with van der Waals surface area (Å²) in [6.07, 6.45) is -0.583. The van der Waals surface area contributed by atoms with Crippen LogP contribution in [0.3, 0.4) is 0 Å². The number of ether oxygens (including phenoxy) is 1. The van der Waals surface area contributed by atoms with Crippen LogP contribution in [0.25, 0.3) is 0 Å². The van der Waals surface area contributed by atoms with Crippen LogP contribution in [0.5, 0.6) is 5.75 Å². The van der Waals surface area contributed by atoms with Crippen molar-refractivity contribution in [1.82, 2.24) is 5.06 Å². The summed E-state index contributed by atoms with van der Waals surface area (Å²) in [7, 11) is 1.47. The maximum atomic E-state index is 11.7. The van der Waals surface area contributed by atoms with Crippen molar-refractivity contribution in [2.24, 2.45) is 0 Å². The van der Waals surface area contributed by atoms with Gasteiger partial charge in [-0.25, -0.2) is 4.79 Å². The summed E-state index contributed by atoms with van der Waals surface area (Å²) in [5.41, 5.74) is 0.471. The van der Waals surface area contributed by atoms with Gasteiger partial charge in [0, 0.05) is 12.7 Å². The molecule has 0 saturated carbocycles. The van der Waals surface area contributed by atoms with Crippen LogP contribution in [0, 0.1) is 0 Å². The third-order valence-electron chi connectivity index (χ3n) is 2.12. The maximum absolute atomic E-state index is 11.7. The van der Waals surface area contributed by atoms with E-state index in [0.29, 0.717) is 11.3 Å². The molecule has 0 radical (unpaired) electrons. The first-order valence-electron chi connectivity index (χ1n) is 5.89. The van der Waals surface area contributed by atoms with Gasteiger partial charge in [-0.2, -0.15) is 5.06 Å². The van der Waals surface area contributed by atoms with Crippen LogP contribution in [0.15, 0.2) is 18.2 Å². The molecular weight excluding hydrogens is 248 g/mol. The number of carbonyl (C=O) groups is 1. The van der Waals surface area contributed by atoms with Crippen molar-refractivity contribution in [1.29, 1.82) is 0 Å². The lowest BCUT2D eigenvalue weighted by molar-refractivity contribution is -0.0730. The third kappa shape index (κ3) is 5.58. The van der Waals surface area contributed by atoms with Crippen molar-refractivity contribution in [2.75, 3.05) is 12.4 Å². The number of aromatic hydroxyl groups is 1. The Morgan fingerprint density at radius 1 is 1.42 bits per heavy atom. The number of nitrogens with one attached hydrogen (secondary N) is 1. The van der Waals surface area contributed by atoms with E-state index in [2.05, 4.69) is 5.32 Å². The monoisotopic (exact) mass is 268 g/mol. The lowest BCUT2D eigenvalue weighted by Gasteiger charge is -2.21. The molecule has 1 aromatic carbocycles. The molecule has 0 aromatic heterocycles. The second-order valence-corrected chi connectivity index (χ2v) is 5.28. The SMILES string of the molecule is CN(O)Cc1cc(O)ccc1NC(=O)OC(C)(C)C. The van der Waals surface area contributed by atoms with Crippen molar-refractivity contribution in [2.45, 2.75) is 32.9 Å². The van der Waals surface area contributed by atoms with Gasteiger partial charge in [0.25, 0.3) is 0 Å². The first-order valence-corrected chi connectivity index (χ1v) is 5.89. The predicted molar refractivity (Wildman–Crippen MR) is 71.2 cm³/mol. The van der Waals surface area contributed by atoms with Crippen LogP contribution in [0.1, 0.15) is 26.3 Å². The largest absolute Gasteiger partial charge is 0.508 e. The topological polar surface area (TPSA) is 82.0 Å². The highest BCUT2D eigenvalue weighted by Crippen LogP contribution is 2.23. The first kappa shape index (κ1) is 15.3. The number of anilines is 1. The smallest absolute Gasteiger partial charge is 0.412 e. The summed E-state index contributed by atoms with van der Waals surface area (Å²) < 4.78 is 5.14. The van der Waals surface area contributed by atoms with E-state index in [4.69, 9.17) is 4.74 Å². The van der Waals surface area contributed by atoms with Crippen LogP contribution in [0.2, 0.25) is 0 Å². The minimum Gasteiger partial charge on any atom is -0.508 e. The van der Waals surface area contributed by atoms with Crippen molar-refractivity contribution < 1.29 is 19.8 Å². The third-order valence-corrected chi connectivity index (χ3v) is 2.12. The molecule has 0 spiro atoms. The average Bonchev–Trinajstić information content (AvgIpc) is 2.18. The Morgan fingerprint density at radius 2 is 2.05 bits per heavy atom. The molecule has 1 amide bonds. The molecule has 19 heavy (non-hydrogen) atoms. The number of nitrogens with zero attached hydrogens (tertiary/aromatic N) is 1. The molecule has 6 heteroatoms. The number of hydrogen-bond acceptors (Lipinski definition) is 5. The lowest BCUT2D eigenvalue weighted by atomic mass is 10.1. The zero-order valence-electron chi connectivity index (χ0n) is 11.6. The Hall–Kier alpha value is -1.79. The second-order valence-electron chi connectivity index (χ2n) is 5.28.